The Kier molecular flexibility index (Phi) is 5.70. The van der Waals surface area contributed by atoms with Crippen molar-refractivity contribution >= 4 is 11.9 Å². The molecular weight excluding hydrogens is 360 g/mol. The van der Waals surface area contributed by atoms with Crippen LogP contribution in [-0.2, 0) is 11.3 Å². The highest BCUT2D eigenvalue weighted by Crippen LogP contribution is 2.21. The lowest BCUT2D eigenvalue weighted by atomic mass is 10.2. The molecule has 4 rings (SSSR count). The van der Waals surface area contributed by atoms with E-state index in [2.05, 4.69) is 24.9 Å². The molecule has 0 radical (unpaired) electrons. The summed E-state index contributed by atoms with van der Waals surface area (Å²) in [4.78, 5) is 27.0. The molecule has 0 saturated carbocycles. The Labute approximate surface area is 164 Å². The minimum atomic E-state index is -0.243. The number of rotatable bonds is 5. The Morgan fingerprint density at radius 3 is 2.61 bits per heavy atom. The zero-order valence-corrected chi connectivity index (χ0v) is 16.2. The number of aromatic nitrogens is 3. The van der Waals surface area contributed by atoms with E-state index in [0.29, 0.717) is 38.0 Å². The number of carbonyl (C=O) groups is 1. The zero-order valence-electron chi connectivity index (χ0n) is 16.2. The first-order valence-corrected chi connectivity index (χ1v) is 9.91. The topological polar surface area (TPSA) is 87.8 Å². The molecule has 0 aliphatic carbocycles. The molecule has 2 aromatic heterocycles. The van der Waals surface area contributed by atoms with E-state index < -0.39 is 0 Å². The lowest BCUT2D eigenvalue weighted by Gasteiger charge is -2.33. The van der Waals surface area contributed by atoms with Crippen LogP contribution in [0.15, 0.2) is 22.9 Å². The molecule has 2 fully saturated rings. The summed E-state index contributed by atoms with van der Waals surface area (Å²) < 4.78 is 10.5. The Bertz CT molecular complexity index is 779. The molecule has 2 aliphatic heterocycles. The number of hydrogen-bond acceptors (Lipinski definition) is 8. The number of anilines is 1. The summed E-state index contributed by atoms with van der Waals surface area (Å²) in [6.07, 6.45) is 4.02. The van der Waals surface area contributed by atoms with Gasteiger partial charge in [0.05, 0.1) is 13.2 Å². The standard InChI is InChI=1S/C19H26N6O3/c1-2-27-19(26)25-11-9-23(10-12-25)14-17-21-18(22-28-17)15-5-6-16(20-13-15)24-7-3-4-8-24/h5-6,13H,2-4,7-12,14H2,1H3. The first kappa shape index (κ1) is 18.7. The second-order valence-corrected chi connectivity index (χ2v) is 7.07. The fourth-order valence-corrected chi connectivity index (χ4v) is 3.58. The molecule has 4 heterocycles. The third kappa shape index (κ3) is 4.24. The molecule has 150 valence electrons. The molecule has 0 bridgehead atoms. The van der Waals surface area contributed by atoms with E-state index in [1.54, 1.807) is 11.1 Å². The molecule has 0 unspecified atom stereocenters. The van der Waals surface area contributed by atoms with Gasteiger partial charge in [0.2, 0.25) is 11.7 Å². The number of amides is 1. The molecule has 2 saturated heterocycles. The number of carbonyl (C=O) groups excluding carboxylic acids is 1. The van der Waals surface area contributed by atoms with Crippen LogP contribution in [-0.4, -0.2) is 76.9 Å². The summed E-state index contributed by atoms with van der Waals surface area (Å²) in [6.45, 7) is 7.72. The minimum Gasteiger partial charge on any atom is -0.450 e. The fourth-order valence-electron chi connectivity index (χ4n) is 3.58. The van der Waals surface area contributed by atoms with Gasteiger partial charge in [-0.05, 0) is 31.9 Å². The predicted octanol–water partition coefficient (Wildman–Crippen LogP) is 2.01. The molecule has 9 heteroatoms. The highest BCUT2D eigenvalue weighted by atomic mass is 16.6. The Morgan fingerprint density at radius 1 is 1.14 bits per heavy atom. The van der Waals surface area contributed by atoms with E-state index in [-0.39, 0.29) is 6.09 Å². The Hall–Kier alpha value is -2.68. The van der Waals surface area contributed by atoms with Gasteiger partial charge in [-0.1, -0.05) is 5.16 Å². The van der Waals surface area contributed by atoms with E-state index in [9.17, 15) is 4.79 Å². The number of hydrogen-bond donors (Lipinski definition) is 0. The van der Waals surface area contributed by atoms with E-state index in [4.69, 9.17) is 9.26 Å². The second-order valence-electron chi connectivity index (χ2n) is 7.07. The number of pyridine rings is 1. The van der Waals surface area contributed by atoms with E-state index in [1.807, 2.05) is 19.1 Å². The van der Waals surface area contributed by atoms with Crippen LogP contribution < -0.4 is 4.90 Å². The van der Waals surface area contributed by atoms with Crippen molar-refractivity contribution in [2.45, 2.75) is 26.3 Å². The van der Waals surface area contributed by atoms with Gasteiger partial charge in [-0.2, -0.15) is 4.98 Å². The van der Waals surface area contributed by atoms with Crippen LogP contribution in [0.2, 0.25) is 0 Å². The van der Waals surface area contributed by atoms with Crippen LogP contribution in [0.25, 0.3) is 11.4 Å². The molecule has 1 amide bonds. The lowest BCUT2D eigenvalue weighted by Crippen LogP contribution is -2.48. The van der Waals surface area contributed by atoms with E-state index >= 15 is 0 Å². The summed E-state index contributed by atoms with van der Waals surface area (Å²) in [5.74, 6) is 2.13. The van der Waals surface area contributed by atoms with Crippen molar-refractivity contribution in [2.75, 3.05) is 50.8 Å². The third-order valence-corrected chi connectivity index (χ3v) is 5.16. The normalized spacial score (nSPS) is 17.9. The Balaban J connectivity index is 1.32. The van der Waals surface area contributed by atoms with Crippen molar-refractivity contribution < 1.29 is 14.1 Å². The van der Waals surface area contributed by atoms with E-state index in [1.165, 1.54) is 12.8 Å². The second kappa shape index (κ2) is 8.55. The maximum atomic E-state index is 11.8. The van der Waals surface area contributed by atoms with Crippen LogP contribution in [0.4, 0.5) is 10.6 Å². The van der Waals surface area contributed by atoms with Gasteiger partial charge in [0.25, 0.3) is 0 Å². The molecule has 0 spiro atoms. The molecule has 0 aromatic carbocycles. The minimum absolute atomic E-state index is 0.243. The molecule has 0 N–H and O–H groups in total. The number of piperazine rings is 1. The van der Waals surface area contributed by atoms with Crippen molar-refractivity contribution in [2.24, 2.45) is 0 Å². The average Bonchev–Trinajstić information content (AvgIpc) is 3.41. The van der Waals surface area contributed by atoms with Crippen LogP contribution in [0.3, 0.4) is 0 Å². The van der Waals surface area contributed by atoms with Gasteiger partial charge in [0, 0.05) is 51.0 Å². The van der Waals surface area contributed by atoms with Gasteiger partial charge in [-0.3, -0.25) is 4.90 Å². The average molecular weight is 386 g/mol. The van der Waals surface area contributed by atoms with Crippen molar-refractivity contribution in [1.82, 2.24) is 24.9 Å². The van der Waals surface area contributed by atoms with Crippen molar-refractivity contribution in [1.29, 1.82) is 0 Å². The number of ether oxygens (including phenoxy) is 1. The van der Waals surface area contributed by atoms with Crippen molar-refractivity contribution in [3.05, 3.63) is 24.2 Å². The monoisotopic (exact) mass is 386 g/mol. The quantitative estimate of drug-likeness (QED) is 0.771. The SMILES string of the molecule is CCOC(=O)N1CCN(Cc2nc(-c3ccc(N4CCCC4)nc3)no2)CC1. The molecule has 2 aromatic rings. The van der Waals surface area contributed by atoms with Gasteiger partial charge in [-0.25, -0.2) is 9.78 Å². The maximum Gasteiger partial charge on any atom is 0.409 e. The molecule has 0 atom stereocenters. The van der Waals surface area contributed by atoms with E-state index in [0.717, 1.165) is 37.6 Å². The fraction of sp³-hybridized carbons (Fsp3) is 0.579. The van der Waals surface area contributed by atoms with Gasteiger partial charge in [0.15, 0.2) is 0 Å². The summed E-state index contributed by atoms with van der Waals surface area (Å²) in [7, 11) is 0. The smallest absolute Gasteiger partial charge is 0.409 e. The lowest BCUT2D eigenvalue weighted by molar-refractivity contribution is 0.0749. The molecular formula is C19H26N6O3. The first-order chi connectivity index (χ1) is 13.7. The summed E-state index contributed by atoms with van der Waals surface area (Å²) in [6, 6.07) is 4.01. The highest BCUT2D eigenvalue weighted by Gasteiger charge is 2.23. The molecule has 28 heavy (non-hydrogen) atoms. The highest BCUT2D eigenvalue weighted by molar-refractivity contribution is 5.67. The summed E-state index contributed by atoms with van der Waals surface area (Å²) in [5.41, 5.74) is 0.852. The van der Waals surface area contributed by atoms with Crippen LogP contribution in [0.5, 0.6) is 0 Å². The first-order valence-electron chi connectivity index (χ1n) is 9.91. The van der Waals surface area contributed by atoms with Crippen LogP contribution in [0, 0.1) is 0 Å². The summed E-state index contributed by atoms with van der Waals surface area (Å²) >= 11 is 0. The summed E-state index contributed by atoms with van der Waals surface area (Å²) in [5, 5.41) is 4.10. The largest absolute Gasteiger partial charge is 0.450 e. The molecule has 9 nitrogen and oxygen atoms in total. The zero-order chi connectivity index (χ0) is 19.3. The van der Waals surface area contributed by atoms with Gasteiger partial charge < -0.3 is 19.1 Å². The van der Waals surface area contributed by atoms with Crippen molar-refractivity contribution in [3.63, 3.8) is 0 Å². The predicted molar refractivity (Wildman–Crippen MR) is 103 cm³/mol. The van der Waals surface area contributed by atoms with Gasteiger partial charge in [0.1, 0.15) is 5.82 Å². The number of nitrogens with zero attached hydrogens (tertiary/aromatic N) is 6. The Morgan fingerprint density at radius 2 is 1.93 bits per heavy atom. The molecule has 2 aliphatic rings. The van der Waals surface area contributed by atoms with Gasteiger partial charge in [-0.15, -0.1) is 0 Å². The maximum absolute atomic E-state index is 11.8. The van der Waals surface area contributed by atoms with Crippen LogP contribution >= 0.6 is 0 Å². The van der Waals surface area contributed by atoms with Crippen molar-refractivity contribution in [3.8, 4) is 11.4 Å². The van der Waals surface area contributed by atoms with Gasteiger partial charge >= 0.3 is 6.09 Å². The third-order valence-electron chi connectivity index (χ3n) is 5.16. The van der Waals surface area contributed by atoms with Crippen LogP contribution in [0.1, 0.15) is 25.7 Å².